The van der Waals surface area contributed by atoms with Crippen molar-refractivity contribution in [2.24, 2.45) is 12.0 Å². The van der Waals surface area contributed by atoms with Crippen LogP contribution in [0.1, 0.15) is 10.6 Å². The highest BCUT2D eigenvalue weighted by molar-refractivity contribution is 7.16. The summed E-state index contributed by atoms with van der Waals surface area (Å²) in [4.78, 5) is 16.6. The average molecular weight is 303 g/mol. The maximum atomic E-state index is 11.9. The summed E-state index contributed by atoms with van der Waals surface area (Å²) in [6.45, 7) is 0.234. The second-order valence-corrected chi connectivity index (χ2v) is 5.42. The van der Waals surface area contributed by atoms with Gasteiger partial charge in [0.2, 0.25) is 12.6 Å². The van der Waals surface area contributed by atoms with Crippen LogP contribution in [0.25, 0.3) is 10.2 Å². The van der Waals surface area contributed by atoms with Crippen molar-refractivity contribution in [1.29, 1.82) is 0 Å². The van der Waals surface area contributed by atoms with Crippen molar-refractivity contribution >= 4 is 27.5 Å². The van der Waals surface area contributed by atoms with Crippen molar-refractivity contribution in [2.75, 3.05) is 6.79 Å². The van der Waals surface area contributed by atoms with Gasteiger partial charge in [0.1, 0.15) is 0 Å². The van der Waals surface area contributed by atoms with Crippen LogP contribution in [-0.2, 0) is 7.05 Å². The number of hydrogen-bond acceptors (Lipinski definition) is 6. The van der Waals surface area contributed by atoms with E-state index in [4.69, 9.17) is 14.0 Å². The predicted molar refractivity (Wildman–Crippen MR) is 73.3 cm³/mol. The van der Waals surface area contributed by atoms with Gasteiger partial charge in [0.25, 0.3) is 0 Å². The number of aryl methyl sites for hydroxylation is 1. The summed E-state index contributed by atoms with van der Waals surface area (Å²) in [6.07, 6.45) is 1.41. The predicted octanol–water partition coefficient (Wildman–Crippen LogP) is 1.70. The van der Waals surface area contributed by atoms with Gasteiger partial charge in [0.05, 0.1) is 16.4 Å². The molecular formula is C13H9N3O4S. The molecular weight excluding hydrogens is 294 g/mol. The molecule has 0 fully saturated rings. The molecule has 0 atom stereocenters. The van der Waals surface area contributed by atoms with Gasteiger partial charge in [-0.15, -0.1) is 0 Å². The maximum Gasteiger partial charge on any atom is 0.318 e. The maximum absolute atomic E-state index is 11.9. The SMILES string of the molecule is Cn1c(=NC(=O)c2ccno2)sc2cc3c(cc21)OCO3. The molecule has 0 radical (unpaired) electrons. The van der Waals surface area contributed by atoms with Crippen LogP contribution >= 0.6 is 11.3 Å². The van der Waals surface area contributed by atoms with Gasteiger partial charge in [-0.1, -0.05) is 16.5 Å². The number of carbonyl (C=O) groups is 1. The van der Waals surface area contributed by atoms with Gasteiger partial charge in [0.15, 0.2) is 16.3 Å². The number of carbonyl (C=O) groups excluding carboxylic acids is 1. The summed E-state index contributed by atoms with van der Waals surface area (Å²) in [5.41, 5.74) is 0.924. The van der Waals surface area contributed by atoms with Crippen molar-refractivity contribution in [1.82, 2.24) is 9.72 Å². The lowest BCUT2D eigenvalue weighted by Gasteiger charge is -1.97. The molecule has 2 aromatic heterocycles. The van der Waals surface area contributed by atoms with E-state index in [0.29, 0.717) is 16.3 Å². The quantitative estimate of drug-likeness (QED) is 0.683. The fraction of sp³-hybridized carbons (Fsp3) is 0.154. The highest BCUT2D eigenvalue weighted by Gasteiger charge is 2.17. The fourth-order valence-corrected chi connectivity index (χ4v) is 3.12. The molecule has 7 nitrogen and oxygen atoms in total. The molecule has 3 aromatic rings. The highest BCUT2D eigenvalue weighted by atomic mass is 32.1. The van der Waals surface area contributed by atoms with E-state index >= 15 is 0 Å². The number of aromatic nitrogens is 2. The summed E-state index contributed by atoms with van der Waals surface area (Å²) in [7, 11) is 1.84. The number of rotatable bonds is 1. The van der Waals surface area contributed by atoms with E-state index in [0.717, 1.165) is 10.2 Å². The molecule has 1 amide bonds. The first-order valence-corrected chi connectivity index (χ1v) is 6.93. The van der Waals surface area contributed by atoms with E-state index in [1.54, 1.807) is 0 Å². The van der Waals surface area contributed by atoms with Crippen LogP contribution in [-0.4, -0.2) is 22.4 Å². The van der Waals surface area contributed by atoms with Gasteiger partial charge < -0.3 is 18.6 Å². The Morgan fingerprint density at radius 1 is 1.38 bits per heavy atom. The number of thiazole rings is 1. The molecule has 106 valence electrons. The molecule has 1 aliphatic heterocycles. The molecule has 0 N–H and O–H groups in total. The van der Waals surface area contributed by atoms with E-state index in [1.165, 1.54) is 23.6 Å². The normalized spacial score (nSPS) is 14.0. The number of benzene rings is 1. The average Bonchev–Trinajstić information content (AvgIpc) is 3.19. The Balaban J connectivity index is 1.87. The lowest BCUT2D eigenvalue weighted by Crippen LogP contribution is -2.13. The van der Waals surface area contributed by atoms with E-state index < -0.39 is 5.91 Å². The zero-order chi connectivity index (χ0) is 14.4. The van der Waals surface area contributed by atoms with Gasteiger partial charge in [-0.25, -0.2) is 0 Å². The lowest BCUT2D eigenvalue weighted by atomic mass is 10.3. The smallest absolute Gasteiger partial charge is 0.318 e. The van der Waals surface area contributed by atoms with Crippen molar-refractivity contribution < 1.29 is 18.8 Å². The molecule has 21 heavy (non-hydrogen) atoms. The second-order valence-electron chi connectivity index (χ2n) is 4.41. The number of fused-ring (bicyclic) bond motifs is 2. The van der Waals surface area contributed by atoms with Crippen LogP contribution in [0.2, 0.25) is 0 Å². The minimum absolute atomic E-state index is 0.113. The summed E-state index contributed by atoms with van der Waals surface area (Å²) in [5.74, 6) is 1.05. The minimum Gasteiger partial charge on any atom is -0.454 e. The van der Waals surface area contributed by atoms with E-state index in [-0.39, 0.29) is 12.6 Å². The van der Waals surface area contributed by atoms with Gasteiger partial charge >= 0.3 is 5.91 Å². The van der Waals surface area contributed by atoms with Gasteiger partial charge in [-0.05, 0) is 0 Å². The Kier molecular flexibility index (Phi) is 2.58. The van der Waals surface area contributed by atoms with Crippen LogP contribution in [0.3, 0.4) is 0 Å². The summed E-state index contributed by atoms with van der Waals surface area (Å²) >= 11 is 1.39. The summed E-state index contributed by atoms with van der Waals surface area (Å²) in [5, 5.41) is 3.50. The fourth-order valence-electron chi connectivity index (χ4n) is 2.09. The van der Waals surface area contributed by atoms with E-state index in [9.17, 15) is 4.79 Å². The topological polar surface area (TPSA) is 78.9 Å². The van der Waals surface area contributed by atoms with Gasteiger partial charge in [0, 0.05) is 25.2 Å². The van der Waals surface area contributed by atoms with Gasteiger partial charge in [-0.2, -0.15) is 4.99 Å². The largest absolute Gasteiger partial charge is 0.454 e. The molecule has 0 aliphatic carbocycles. The number of ether oxygens (including phenoxy) is 2. The Morgan fingerprint density at radius 3 is 2.95 bits per heavy atom. The second kappa shape index (κ2) is 4.45. The molecule has 4 rings (SSSR count). The zero-order valence-electron chi connectivity index (χ0n) is 10.9. The van der Waals surface area contributed by atoms with Crippen LogP contribution in [0.15, 0.2) is 33.9 Å². The molecule has 0 saturated carbocycles. The van der Waals surface area contributed by atoms with Crippen LogP contribution < -0.4 is 14.3 Å². The molecule has 0 bridgehead atoms. The molecule has 3 heterocycles. The summed E-state index contributed by atoms with van der Waals surface area (Å²) < 4.78 is 18.3. The van der Waals surface area contributed by atoms with Crippen molar-refractivity contribution in [2.45, 2.75) is 0 Å². The number of hydrogen-bond donors (Lipinski definition) is 0. The van der Waals surface area contributed by atoms with E-state index in [2.05, 4.69) is 10.1 Å². The molecule has 0 spiro atoms. The molecule has 0 saturated heterocycles. The van der Waals surface area contributed by atoms with Crippen LogP contribution in [0.5, 0.6) is 11.5 Å². The molecule has 0 unspecified atom stereocenters. The molecule has 1 aliphatic rings. The zero-order valence-corrected chi connectivity index (χ0v) is 11.7. The van der Waals surface area contributed by atoms with Crippen molar-refractivity contribution in [3.05, 3.63) is 35.0 Å². The minimum atomic E-state index is -0.463. The van der Waals surface area contributed by atoms with E-state index in [1.807, 2.05) is 23.7 Å². The summed E-state index contributed by atoms with van der Waals surface area (Å²) in [6, 6.07) is 5.25. The lowest BCUT2D eigenvalue weighted by molar-refractivity contribution is 0.0962. The third-order valence-electron chi connectivity index (χ3n) is 3.15. The van der Waals surface area contributed by atoms with Crippen LogP contribution in [0, 0.1) is 0 Å². The number of amides is 1. The molecule has 8 heteroatoms. The Morgan fingerprint density at radius 2 is 2.19 bits per heavy atom. The highest BCUT2D eigenvalue weighted by Crippen LogP contribution is 2.36. The Labute approximate surface area is 122 Å². The van der Waals surface area contributed by atoms with Crippen LogP contribution in [0.4, 0.5) is 0 Å². The first kappa shape index (κ1) is 12.2. The monoisotopic (exact) mass is 303 g/mol. The van der Waals surface area contributed by atoms with Crippen molar-refractivity contribution in [3.63, 3.8) is 0 Å². The number of nitrogens with zero attached hydrogens (tertiary/aromatic N) is 3. The first-order chi connectivity index (χ1) is 10.2. The standard InChI is InChI=1S/C13H9N3O4S/c1-16-7-4-9-10(19-6-18-9)5-11(7)21-13(16)15-12(17)8-2-3-14-20-8/h2-5H,6H2,1H3. The Bertz CT molecular complexity index is 908. The third-order valence-corrected chi connectivity index (χ3v) is 4.24. The first-order valence-electron chi connectivity index (χ1n) is 6.11. The Hall–Kier alpha value is -2.61. The van der Waals surface area contributed by atoms with Gasteiger partial charge in [-0.3, -0.25) is 4.79 Å². The third kappa shape index (κ3) is 1.91. The van der Waals surface area contributed by atoms with Crippen molar-refractivity contribution in [3.8, 4) is 11.5 Å². The molecule has 1 aromatic carbocycles.